The maximum atomic E-state index is 15.3. The van der Waals surface area contributed by atoms with Gasteiger partial charge in [0, 0.05) is 62.7 Å². The summed E-state index contributed by atoms with van der Waals surface area (Å²) in [5, 5.41) is 8.69. The summed E-state index contributed by atoms with van der Waals surface area (Å²) in [4.78, 5) is 15.5. The third kappa shape index (κ3) is 4.17. The second kappa shape index (κ2) is 8.75. The van der Waals surface area contributed by atoms with Gasteiger partial charge in [-0.05, 0) is 51.5 Å². The molecule has 1 N–H and O–H groups in total. The number of alkyl halides is 1. The second-order valence-corrected chi connectivity index (χ2v) is 10.3. The monoisotopic (exact) mass is 442 g/mol. The lowest BCUT2D eigenvalue weighted by Crippen LogP contribution is -2.52. The Morgan fingerprint density at radius 1 is 1.22 bits per heavy atom. The number of halogens is 1. The van der Waals surface area contributed by atoms with Crippen molar-refractivity contribution in [1.82, 2.24) is 20.0 Å². The molecule has 7 heteroatoms. The van der Waals surface area contributed by atoms with Gasteiger partial charge in [0.1, 0.15) is 5.67 Å². The first-order valence-electron chi connectivity index (χ1n) is 12.2. The molecule has 0 radical (unpaired) electrons. The molecule has 3 aliphatic rings. The minimum absolute atomic E-state index is 0.0970. The fraction of sp³-hybridized carbons (Fsp3) is 0.680. The molecule has 0 spiro atoms. The van der Waals surface area contributed by atoms with Gasteiger partial charge < -0.3 is 10.1 Å². The molecule has 2 aromatic rings. The van der Waals surface area contributed by atoms with Gasteiger partial charge in [-0.1, -0.05) is 18.2 Å². The molecule has 0 saturated carbocycles. The molecule has 3 fully saturated rings. The van der Waals surface area contributed by atoms with Crippen LogP contribution in [0.25, 0.3) is 10.9 Å². The van der Waals surface area contributed by atoms with Gasteiger partial charge in [-0.25, -0.2) is 4.39 Å². The highest BCUT2D eigenvalue weighted by atomic mass is 19.1. The highest BCUT2D eigenvalue weighted by Crippen LogP contribution is 2.41. The zero-order valence-corrected chi connectivity index (χ0v) is 19.2. The second-order valence-electron chi connectivity index (χ2n) is 10.3. The first-order chi connectivity index (χ1) is 15.4. The van der Waals surface area contributed by atoms with Gasteiger partial charge in [-0.2, -0.15) is 5.10 Å². The van der Waals surface area contributed by atoms with E-state index >= 15 is 4.39 Å². The Balaban J connectivity index is 1.21. The molecule has 5 rings (SSSR count). The number of rotatable bonds is 6. The van der Waals surface area contributed by atoms with Crippen LogP contribution in [0.2, 0.25) is 0 Å². The van der Waals surface area contributed by atoms with Crippen molar-refractivity contribution in [1.29, 1.82) is 0 Å². The molecular formula is C25H35FN4O2. The number of benzene rings is 1. The number of amides is 1. The van der Waals surface area contributed by atoms with E-state index in [0.717, 1.165) is 36.6 Å². The van der Waals surface area contributed by atoms with Crippen molar-refractivity contribution in [2.45, 2.75) is 76.2 Å². The largest absolute Gasteiger partial charge is 0.381 e. The molecule has 2 bridgehead atoms. The minimum Gasteiger partial charge on any atom is -0.381 e. The molecule has 1 aromatic carbocycles. The molecule has 2 atom stereocenters. The molecule has 4 heterocycles. The van der Waals surface area contributed by atoms with Crippen LogP contribution in [0.3, 0.4) is 0 Å². The Hall–Kier alpha value is -1.99. The minimum atomic E-state index is -1.10. The molecule has 2 unspecified atom stereocenters. The molecule has 1 amide bonds. The number of piperidine rings is 1. The number of nitrogens with one attached hydrogen (secondary N) is 1. The predicted octanol–water partition coefficient (Wildman–Crippen LogP) is 4.11. The number of hydrogen-bond donors (Lipinski definition) is 1. The first kappa shape index (κ1) is 21.8. The number of nitrogens with zero attached hydrogens (tertiary/aromatic N) is 3. The van der Waals surface area contributed by atoms with Crippen molar-refractivity contribution in [2.24, 2.45) is 5.92 Å². The van der Waals surface area contributed by atoms with Gasteiger partial charge in [-0.15, -0.1) is 0 Å². The number of ether oxygens (including phenoxy) is 1. The van der Waals surface area contributed by atoms with Crippen LogP contribution >= 0.6 is 0 Å². The topological polar surface area (TPSA) is 59.4 Å². The number of para-hydroxylation sites is 1. The normalized spacial score (nSPS) is 27.8. The van der Waals surface area contributed by atoms with Crippen LogP contribution in [0.1, 0.15) is 68.9 Å². The molecule has 6 nitrogen and oxygen atoms in total. The summed E-state index contributed by atoms with van der Waals surface area (Å²) < 4.78 is 22.6. The SMILES string of the molecule is CC(C)n1nc(C(=O)NCC2CC3CCC(C2)N3CC2(F)CCOCC2)c2ccccc21. The van der Waals surface area contributed by atoms with Crippen LogP contribution in [0, 0.1) is 5.92 Å². The molecule has 32 heavy (non-hydrogen) atoms. The highest BCUT2D eigenvalue weighted by molar-refractivity contribution is 6.04. The number of carbonyl (C=O) groups excluding carboxylic acids is 1. The predicted molar refractivity (Wildman–Crippen MR) is 123 cm³/mol. The average molecular weight is 443 g/mol. The van der Waals surface area contributed by atoms with Crippen LogP contribution < -0.4 is 5.32 Å². The zero-order valence-electron chi connectivity index (χ0n) is 19.2. The van der Waals surface area contributed by atoms with E-state index in [4.69, 9.17) is 4.74 Å². The highest BCUT2D eigenvalue weighted by Gasteiger charge is 2.45. The van der Waals surface area contributed by atoms with E-state index in [1.54, 1.807) is 0 Å². The van der Waals surface area contributed by atoms with Crippen LogP contribution in [-0.4, -0.2) is 64.6 Å². The standard InChI is InChI=1S/C25H35FN4O2/c1-17(2)30-22-6-4-3-5-21(22)23(28-30)24(31)27-15-18-13-19-7-8-20(14-18)29(19)16-25(26)9-11-32-12-10-25/h3-6,17-20H,7-16H2,1-2H3,(H,27,31). The average Bonchev–Trinajstić information content (AvgIpc) is 3.26. The van der Waals surface area contributed by atoms with Crippen molar-refractivity contribution >= 4 is 16.8 Å². The fourth-order valence-corrected chi connectivity index (χ4v) is 6.01. The van der Waals surface area contributed by atoms with Crippen molar-refractivity contribution in [2.75, 3.05) is 26.3 Å². The van der Waals surface area contributed by atoms with Crippen LogP contribution in [0.4, 0.5) is 4.39 Å². The molecule has 0 aliphatic carbocycles. The van der Waals surface area contributed by atoms with E-state index < -0.39 is 5.67 Å². The summed E-state index contributed by atoms with van der Waals surface area (Å²) in [7, 11) is 0. The summed E-state index contributed by atoms with van der Waals surface area (Å²) in [5.74, 6) is 0.344. The Kier molecular flexibility index (Phi) is 5.97. The summed E-state index contributed by atoms with van der Waals surface area (Å²) in [6.07, 6.45) is 5.38. The summed E-state index contributed by atoms with van der Waals surface area (Å²) in [5.41, 5.74) is 0.400. The zero-order chi connectivity index (χ0) is 22.3. The molecule has 174 valence electrons. The van der Waals surface area contributed by atoms with Crippen LogP contribution in [0.5, 0.6) is 0 Å². The van der Waals surface area contributed by atoms with Gasteiger partial charge in [-0.3, -0.25) is 14.4 Å². The van der Waals surface area contributed by atoms with Gasteiger partial charge in [0.2, 0.25) is 0 Å². The first-order valence-corrected chi connectivity index (χ1v) is 12.2. The molecule has 1 aromatic heterocycles. The molecule has 3 aliphatic heterocycles. The van der Waals surface area contributed by atoms with E-state index in [1.807, 2.05) is 28.9 Å². The van der Waals surface area contributed by atoms with E-state index in [9.17, 15) is 4.79 Å². The maximum absolute atomic E-state index is 15.3. The Labute approximate surface area is 189 Å². The van der Waals surface area contributed by atoms with E-state index in [1.165, 1.54) is 0 Å². The number of aromatic nitrogens is 2. The lowest BCUT2D eigenvalue weighted by atomic mass is 9.88. The number of carbonyl (C=O) groups is 1. The summed E-state index contributed by atoms with van der Waals surface area (Å²) in [6, 6.07) is 8.99. The lowest BCUT2D eigenvalue weighted by molar-refractivity contribution is -0.0441. The Morgan fingerprint density at radius 3 is 2.59 bits per heavy atom. The van der Waals surface area contributed by atoms with Gasteiger partial charge in [0.15, 0.2) is 5.69 Å². The lowest BCUT2D eigenvalue weighted by Gasteiger charge is -2.43. The van der Waals surface area contributed by atoms with Crippen molar-refractivity contribution in [3.8, 4) is 0 Å². The van der Waals surface area contributed by atoms with Gasteiger partial charge >= 0.3 is 0 Å². The number of hydrogen-bond acceptors (Lipinski definition) is 4. The fourth-order valence-electron chi connectivity index (χ4n) is 6.01. The third-order valence-electron chi connectivity index (χ3n) is 7.71. The summed E-state index contributed by atoms with van der Waals surface area (Å²) >= 11 is 0. The van der Waals surface area contributed by atoms with Gasteiger partial charge in [0.25, 0.3) is 5.91 Å². The van der Waals surface area contributed by atoms with Crippen molar-refractivity contribution in [3.05, 3.63) is 30.0 Å². The number of fused-ring (bicyclic) bond motifs is 3. The summed E-state index contributed by atoms with van der Waals surface area (Å²) in [6.45, 7) is 6.44. The third-order valence-corrected chi connectivity index (χ3v) is 7.71. The van der Waals surface area contributed by atoms with E-state index in [0.29, 0.717) is 62.8 Å². The smallest absolute Gasteiger partial charge is 0.272 e. The van der Waals surface area contributed by atoms with Crippen molar-refractivity contribution < 1.29 is 13.9 Å². The molecule has 3 saturated heterocycles. The maximum Gasteiger partial charge on any atom is 0.272 e. The Bertz CT molecular complexity index is 954. The van der Waals surface area contributed by atoms with E-state index in [2.05, 4.69) is 29.2 Å². The Morgan fingerprint density at radius 2 is 1.91 bits per heavy atom. The molecular weight excluding hydrogens is 407 g/mol. The van der Waals surface area contributed by atoms with Crippen LogP contribution in [-0.2, 0) is 4.74 Å². The van der Waals surface area contributed by atoms with Gasteiger partial charge in [0.05, 0.1) is 5.52 Å². The quantitative estimate of drug-likeness (QED) is 0.732. The van der Waals surface area contributed by atoms with Crippen molar-refractivity contribution in [3.63, 3.8) is 0 Å². The van der Waals surface area contributed by atoms with E-state index in [-0.39, 0.29) is 11.9 Å². The van der Waals surface area contributed by atoms with Crippen LogP contribution in [0.15, 0.2) is 24.3 Å².